The molecule has 0 aliphatic carbocycles. The average molecular weight is 248 g/mol. The molecule has 0 heterocycles. The predicted molar refractivity (Wildman–Crippen MR) is 76.7 cm³/mol. The number of rotatable bonds is 6. The Morgan fingerprint density at radius 1 is 1.17 bits per heavy atom. The van der Waals surface area contributed by atoms with Crippen LogP contribution in [0.15, 0.2) is 24.3 Å². The van der Waals surface area contributed by atoms with Crippen molar-refractivity contribution >= 4 is 11.6 Å². The van der Waals surface area contributed by atoms with Gasteiger partial charge in [-0.1, -0.05) is 31.5 Å². The van der Waals surface area contributed by atoms with Crippen LogP contribution in [0.1, 0.15) is 32.8 Å². The van der Waals surface area contributed by atoms with Crippen LogP contribution in [0.25, 0.3) is 0 Å². The van der Waals surface area contributed by atoms with E-state index in [1.165, 1.54) is 5.56 Å². The minimum absolute atomic E-state index is 0.0163. The molecular weight excluding hydrogens is 224 g/mol. The standard InChI is InChI=1S/C15H24N2O/c1-11(2)9-10-16-13(4)15(18)17-14-7-5-12(3)6-8-14/h5-8,11,13,16H,9-10H2,1-4H3,(H,17,18). The zero-order valence-corrected chi connectivity index (χ0v) is 11.8. The Morgan fingerprint density at radius 2 is 1.78 bits per heavy atom. The van der Waals surface area contributed by atoms with Gasteiger partial charge in [0.1, 0.15) is 0 Å². The van der Waals surface area contributed by atoms with Gasteiger partial charge in [-0.15, -0.1) is 0 Å². The van der Waals surface area contributed by atoms with Crippen molar-refractivity contribution in [3.05, 3.63) is 29.8 Å². The van der Waals surface area contributed by atoms with Gasteiger partial charge in [-0.2, -0.15) is 0 Å². The fraction of sp³-hybridized carbons (Fsp3) is 0.533. The average Bonchev–Trinajstić information content (AvgIpc) is 2.31. The lowest BCUT2D eigenvalue weighted by Gasteiger charge is -2.15. The van der Waals surface area contributed by atoms with Crippen molar-refractivity contribution in [1.82, 2.24) is 5.32 Å². The van der Waals surface area contributed by atoms with Crippen LogP contribution in [0.4, 0.5) is 5.69 Å². The third-order valence-electron chi connectivity index (χ3n) is 2.88. The van der Waals surface area contributed by atoms with Gasteiger partial charge in [0.2, 0.25) is 5.91 Å². The van der Waals surface area contributed by atoms with Crippen molar-refractivity contribution in [1.29, 1.82) is 0 Å². The molecule has 0 spiro atoms. The summed E-state index contributed by atoms with van der Waals surface area (Å²) in [4.78, 5) is 11.9. The summed E-state index contributed by atoms with van der Waals surface area (Å²) in [7, 11) is 0. The highest BCUT2D eigenvalue weighted by Gasteiger charge is 2.11. The molecule has 2 N–H and O–H groups in total. The number of nitrogens with one attached hydrogen (secondary N) is 2. The molecule has 100 valence electrons. The Bertz CT molecular complexity index is 371. The highest BCUT2D eigenvalue weighted by Crippen LogP contribution is 2.08. The number of carbonyl (C=O) groups is 1. The summed E-state index contributed by atoms with van der Waals surface area (Å²) in [6, 6.07) is 7.67. The first-order valence-electron chi connectivity index (χ1n) is 6.60. The zero-order chi connectivity index (χ0) is 13.5. The van der Waals surface area contributed by atoms with Gasteiger partial charge in [0.05, 0.1) is 6.04 Å². The van der Waals surface area contributed by atoms with Crippen molar-refractivity contribution in [3.8, 4) is 0 Å². The smallest absolute Gasteiger partial charge is 0.241 e. The normalized spacial score (nSPS) is 12.5. The molecule has 0 bridgehead atoms. The monoisotopic (exact) mass is 248 g/mol. The van der Waals surface area contributed by atoms with E-state index in [-0.39, 0.29) is 11.9 Å². The van der Waals surface area contributed by atoms with Crippen molar-refractivity contribution < 1.29 is 4.79 Å². The number of anilines is 1. The Balaban J connectivity index is 2.37. The first-order valence-corrected chi connectivity index (χ1v) is 6.60. The van der Waals surface area contributed by atoms with Gasteiger partial charge < -0.3 is 10.6 Å². The van der Waals surface area contributed by atoms with Gasteiger partial charge in [0.25, 0.3) is 0 Å². The molecular formula is C15H24N2O. The molecule has 0 aromatic heterocycles. The van der Waals surface area contributed by atoms with E-state index in [0.717, 1.165) is 18.7 Å². The fourth-order valence-corrected chi connectivity index (χ4v) is 1.57. The lowest BCUT2D eigenvalue weighted by Crippen LogP contribution is -2.38. The SMILES string of the molecule is Cc1ccc(NC(=O)C(C)NCCC(C)C)cc1. The summed E-state index contributed by atoms with van der Waals surface area (Å²) >= 11 is 0. The van der Waals surface area contributed by atoms with Gasteiger partial charge in [0.15, 0.2) is 0 Å². The zero-order valence-electron chi connectivity index (χ0n) is 11.8. The van der Waals surface area contributed by atoms with Crippen LogP contribution < -0.4 is 10.6 Å². The molecule has 1 aromatic carbocycles. The Morgan fingerprint density at radius 3 is 2.33 bits per heavy atom. The van der Waals surface area contributed by atoms with E-state index in [1.54, 1.807) is 0 Å². The minimum Gasteiger partial charge on any atom is -0.325 e. The number of benzene rings is 1. The van der Waals surface area contributed by atoms with Gasteiger partial charge in [-0.25, -0.2) is 0 Å². The third kappa shape index (κ3) is 5.32. The first kappa shape index (κ1) is 14.7. The highest BCUT2D eigenvalue weighted by atomic mass is 16.2. The summed E-state index contributed by atoms with van der Waals surface area (Å²) in [5, 5.41) is 6.14. The quantitative estimate of drug-likeness (QED) is 0.812. The van der Waals surface area contributed by atoms with E-state index < -0.39 is 0 Å². The topological polar surface area (TPSA) is 41.1 Å². The van der Waals surface area contributed by atoms with Crippen molar-refractivity contribution in [2.75, 3.05) is 11.9 Å². The van der Waals surface area contributed by atoms with Crippen molar-refractivity contribution in [2.24, 2.45) is 5.92 Å². The van der Waals surface area contributed by atoms with Gasteiger partial charge >= 0.3 is 0 Å². The molecule has 1 aromatic rings. The summed E-state index contributed by atoms with van der Waals surface area (Å²) in [6.45, 7) is 9.16. The molecule has 0 saturated carbocycles. The Kier molecular flexibility index (Phi) is 5.86. The van der Waals surface area contributed by atoms with Crippen LogP contribution in [0.5, 0.6) is 0 Å². The number of hydrogen-bond donors (Lipinski definition) is 2. The maximum Gasteiger partial charge on any atom is 0.241 e. The number of aryl methyl sites for hydroxylation is 1. The van der Waals surface area contributed by atoms with Gasteiger partial charge in [-0.3, -0.25) is 4.79 Å². The van der Waals surface area contributed by atoms with Crippen LogP contribution in [0.2, 0.25) is 0 Å². The van der Waals surface area contributed by atoms with Crippen LogP contribution in [-0.4, -0.2) is 18.5 Å². The second-order valence-corrected chi connectivity index (χ2v) is 5.21. The van der Waals surface area contributed by atoms with E-state index in [9.17, 15) is 4.79 Å². The van der Waals surface area contributed by atoms with Gasteiger partial charge in [-0.05, 0) is 44.9 Å². The van der Waals surface area contributed by atoms with Gasteiger partial charge in [0, 0.05) is 5.69 Å². The molecule has 1 unspecified atom stereocenters. The summed E-state index contributed by atoms with van der Waals surface area (Å²) in [5.74, 6) is 0.674. The molecule has 18 heavy (non-hydrogen) atoms. The molecule has 1 rings (SSSR count). The number of carbonyl (C=O) groups excluding carboxylic acids is 1. The van der Waals surface area contributed by atoms with Crippen LogP contribution in [0, 0.1) is 12.8 Å². The maximum absolute atomic E-state index is 11.9. The minimum atomic E-state index is -0.162. The Hall–Kier alpha value is -1.35. The first-order chi connectivity index (χ1) is 8.49. The number of amides is 1. The second kappa shape index (κ2) is 7.17. The van der Waals surface area contributed by atoms with E-state index in [2.05, 4.69) is 24.5 Å². The largest absolute Gasteiger partial charge is 0.325 e. The van der Waals surface area contributed by atoms with Crippen molar-refractivity contribution in [3.63, 3.8) is 0 Å². The fourth-order valence-electron chi connectivity index (χ4n) is 1.57. The lowest BCUT2D eigenvalue weighted by atomic mass is 10.1. The van der Waals surface area contributed by atoms with Crippen LogP contribution in [0.3, 0.4) is 0 Å². The summed E-state index contributed by atoms with van der Waals surface area (Å²) in [5.41, 5.74) is 2.04. The molecule has 0 saturated heterocycles. The second-order valence-electron chi connectivity index (χ2n) is 5.21. The molecule has 3 heteroatoms. The van der Waals surface area contributed by atoms with Crippen LogP contribution >= 0.6 is 0 Å². The molecule has 0 radical (unpaired) electrons. The van der Waals surface area contributed by atoms with E-state index in [1.807, 2.05) is 38.1 Å². The molecule has 3 nitrogen and oxygen atoms in total. The maximum atomic E-state index is 11.9. The molecule has 0 fully saturated rings. The van der Waals surface area contributed by atoms with E-state index in [0.29, 0.717) is 5.92 Å². The molecule has 0 aliphatic rings. The Labute approximate surface area is 110 Å². The summed E-state index contributed by atoms with van der Waals surface area (Å²) < 4.78 is 0. The van der Waals surface area contributed by atoms with E-state index >= 15 is 0 Å². The van der Waals surface area contributed by atoms with Crippen LogP contribution in [-0.2, 0) is 4.79 Å². The third-order valence-corrected chi connectivity index (χ3v) is 2.88. The summed E-state index contributed by atoms with van der Waals surface area (Å²) in [6.07, 6.45) is 1.09. The molecule has 1 amide bonds. The van der Waals surface area contributed by atoms with E-state index in [4.69, 9.17) is 0 Å². The predicted octanol–water partition coefficient (Wildman–Crippen LogP) is 2.96. The highest BCUT2D eigenvalue weighted by molar-refractivity contribution is 5.94. The lowest BCUT2D eigenvalue weighted by molar-refractivity contribution is -0.117. The van der Waals surface area contributed by atoms with Crippen molar-refractivity contribution in [2.45, 2.75) is 40.2 Å². The number of hydrogen-bond acceptors (Lipinski definition) is 2. The molecule has 1 atom stereocenters. The molecule has 0 aliphatic heterocycles.